The van der Waals surface area contributed by atoms with Crippen LogP contribution in [0.4, 0.5) is 19.0 Å². The molecule has 0 saturated carbocycles. The lowest BCUT2D eigenvalue weighted by molar-refractivity contribution is 0.107. The van der Waals surface area contributed by atoms with Gasteiger partial charge in [-0.1, -0.05) is 13.0 Å². The van der Waals surface area contributed by atoms with Crippen molar-refractivity contribution >= 4 is 37.5 Å². The van der Waals surface area contributed by atoms with E-state index in [9.17, 15) is 22.3 Å². The van der Waals surface area contributed by atoms with Crippen LogP contribution >= 0.6 is 0 Å². The average molecular weight is 671 g/mol. The van der Waals surface area contributed by atoms with Gasteiger partial charge in [0, 0.05) is 37.8 Å². The smallest absolute Gasteiger partial charge is 0.319 e. The topological polar surface area (TPSA) is 121 Å². The summed E-state index contributed by atoms with van der Waals surface area (Å²) in [7, 11) is -2.23. The Balaban J connectivity index is 1.38. The standard InChI is InChI=1S/C33H37F3N6O4S/c1-3-23-26(35)8-7-19-12-21(43)13-24(27(19)23)29-28(36)30-25(15-38-29)31(41-10-4-6-22(17-41)47(44,45)37-2)40-32(39-30)46-18-33-9-5-11-42(33)16-20(34)14-33/h7-8,12-13,15,20,22,37,43H,3-6,9-11,14,16-18H2,1-2H3/t20-,22?,33+/m1/s1. The lowest BCUT2D eigenvalue weighted by Gasteiger charge is -2.34. The van der Waals surface area contributed by atoms with E-state index in [2.05, 4.69) is 24.6 Å². The maximum atomic E-state index is 16.8. The molecule has 10 nitrogen and oxygen atoms in total. The Morgan fingerprint density at radius 3 is 2.77 bits per heavy atom. The van der Waals surface area contributed by atoms with Crippen LogP contribution in [0.1, 0.15) is 44.6 Å². The molecule has 47 heavy (non-hydrogen) atoms. The number of nitrogens with zero attached hydrogens (tertiary/aromatic N) is 5. The number of phenols is 1. The molecule has 2 N–H and O–H groups in total. The Labute approximate surface area is 271 Å². The molecule has 0 spiro atoms. The first-order valence-electron chi connectivity index (χ1n) is 16.0. The van der Waals surface area contributed by atoms with Gasteiger partial charge in [-0.3, -0.25) is 9.88 Å². The van der Waals surface area contributed by atoms with Crippen molar-refractivity contribution in [1.82, 2.24) is 24.6 Å². The molecule has 5 heterocycles. The predicted octanol–water partition coefficient (Wildman–Crippen LogP) is 4.86. The molecule has 2 aromatic heterocycles. The molecule has 250 valence electrons. The number of aryl methyl sites for hydroxylation is 1. The molecule has 3 atom stereocenters. The average Bonchev–Trinajstić information content (AvgIpc) is 3.59. The fourth-order valence-corrected chi connectivity index (χ4v) is 8.93. The van der Waals surface area contributed by atoms with Crippen molar-refractivity contribution in [3.63, 3.8) is 0 Å². The zero-order valence-corrected chi connectivity index (χ0v) is 27.1. The number of halogens is 3. The molecule has 3 aliphatic heterocycles. The number of alkyl halides is 1. The van der Waals surface area contributed by atoms with E-state index < -0.39 is 38.6 Å². The summed E-state index contributed by atoms with van der Waals surface area (Å²) in [5.41, 5.74) is -0.190. The number of sulfonamides is 1. The van der Waals surface area contributed by atoms with Gasteiger partial charge in [-0.25, -0.2) is 26.3 Å². The molecule has 14 heteroatoms. The van der Waals surface area contributed by atoms with Gasteiger partial charge in [0.2, 0.25) is 10.0 Å². The van der Waals surface area contributed by atoms with E-state index >= 15 is 4.39 Å². The van der Waals surface area contributed by atoms with Crippen molar-refractivity contribution in [2.75, 3.05) is 44.7 Å². The summed E-state index contributed by atoms with van der Waals surface area (Å²) >= 11 is 0. The molecule has 3 saturated heterocycles. The summed E-state index contributed by atoms with van der Waals surface area (Å²) in [6, 6.07) is 5.58. The van der Waals surface area contributed by atoms with E-state index in [0.717, 1.165) is 19.4 Å². The zero-order chi connectivity index (χ0) is 33.1. The molecule has 1 unspecified atom stereocenters. The van der Waals surface area contributed by atoms with Gasteiger partial charge in [-0.2, -0.15) is 9.97 Å². The molecule has 3 aliphatic rings. The third-order valence-corrected chi connectivity index (χ3v) is 11.9. The second kappa shape index (κ2) is 12.0. The number of rotatable bonds is 8. The highest BCUT2D eigenvalue weighted by Gasteiger charge is 2.49. The second-order valence-electron chi connectivity index (χ2n) is 12.8. The van der Waals surface area contributed by atoms with E-state index in [1.807, 2.05) is 0 Å². The molecule has 0 aliphatic carbocycles. The number of phenolic OH excluding ortho intramolecular Hbond substituents is 1. The van der Waals surface area contributed by atoms with Gasteiger partial charge in [0.05, 0.1) is 16.2 Å². The summed E-state index contributed by atoms with van der Waals surface area (Å²) in [5, 5.41) is 11.0. The maximum absolute atomic E-state index is 16.8. The number of hydrogen-bond donors (Lipinski definition) is 2. The fraction of sp³-hybridized carbons (Fsp3) is 0.485. The molecule has 7 rings (SSSR count). The van der Waals surface area contributed by atoms with Crippen LogP contribution in [0.5, 0.6) is 11.8 Å². The van der Waals surface area contributed by atoms with Crippen molar-refractivity contribution in [1.29, 1.82) is 0 Å². The first-order valence-corrected chi connectivity index (χ1v) is 17.6. The quantitative estimate of drug-likeness (QED) is 0.271. The highest BCUT2D eigenvalue weighted by atomic mass is 32.2. The number of aromatic hydroxyl groups is 1. The third kappa shape index (κ3) is 5.53. The minimum Gasteiger partial charge on any atom is -0.508 e. The number of aromatic nitrogens is 3. The van der Waals surface area contributed by atoms with Crippen molar-refractivity contribution in [3.05, 3.63) is 47.7 Å². The van der Waals surface area contributed by atoms with Crippen molar-refractivity contribution in [2.24, 2.45) is 0 Å². The highest BCUT2D eigenvalue weighted by molar-refractivity contribution is 7.90. The first-order chi connectivity index (χ1) is 22.5. The van der Waals surface area contributed by atoms with Crippen LogP contribution < -0.4 is 14.4 Å². The second-order valence-corrected chi connectivity index (χ2v) is 15.0. The minimum atomic E-state index is -3.60. The van der Waals surface area contributed by atoms with Gasteiger partial charge in [0.1, 0.15) is 41.4 Å². The van der Waals surface area contributed by atoms with Gasteiger partial charge < -0.3 is 14.7 Å². The highest BCUT2D eigenvalue weighted by Crippen LogP contribution is 2.42. The predicted molar refractivity (Wildman–Crippen MR) is 173 cm³/mol. The van der Waals surface area contributed by atoms with Gasteiger partial charge >= 0.3 is 6.01 Å². The minimum absolute atomic E-state index is 0.107. The van der Waals surface area contributed by atoms with Crippen LogP contribution in [0, 0.1) is 11.6 Å². The van der Waals surface area contributed by atoms with E-state index in [1.54, 1.807) is 11.8 Å². The summed E-state index contributed by atoms with van der Waals surface area (Å²) in [5.74, 6) is -1.14. The van der Waals surface area contributed by atoms with Crippen LogP contribution in [-0.2, 0) is 16.4 Å². The molecular formula is C33H37F3N6O4S. The Morgan fingerprint density at radius 1 is 1.15 bits per heavy atom. The van der Waals surface area contributed by atoms with E-state index in [-0.39, 0.29) is 52.9 Å². The van der Waals surface area contributed by atoms with E-state index in [0.29, 0.717) is 55.1 Å². The van der Waals surface area contributed by atoms with Crippen LogP contribution in [0.25, 0.3) is 32.9 Å². The number of ether oxygens (including phenoxy) is 1. The lowest BCUT2D eigenvalue weighted by Crippen LogP contribution is -2.46. The van der Waals surface area contributed by atoms with Crippen LogP contribution in [0.2, 0.25) is 0 Å². The Kier molecular flexibility index (Phi) is 8.16. The van der Waals surface area contributed by atoms with Crippen molar-refractivity contribution in [3.8, 4) is 23.0 Å². The Morgan fingerprint density at radius 2 is 1.98 bits per heavy atom. The number of benzene rings is 2. The monoisotopic (exact) mass is 670 g/mol. The van der Waals surface area contributed by atoms with E-state index in [1.165, 1.54) is 37.5 Å². The molecule has 0 bridgehead atoms. The Hall–Kier alpha value is -3.75. The van der Waals surface area contributed by atoms with Crippen molar-refractivity contribution < 1.29 is 31.4 Å². The van der Waals surface area contributed by atoms with Gasteiger partial charge in [0.15, 0.2) is 5.82 Å². The largest absolute Gasteiger partial charge is 0.508 e. The number of hydrogen-bond acceptors (Lipinski definition) is 9. The summed E-state index contributed by atoms with van der Waals surface area (Å²) in [4.78, 5) is 17.5. The molecule has 2 aromatic carbocycles. The van der Waals surface area contributed by atoms with Crippen LogP contribution in [-0.4, -0.2) is 90.2 Å². The summed E-state index contributed by atoms with van der Waals surface area (Å²) in [6.07, 6.45) is 3.78. The third-order valence-electron chi connectivity index (χ3n) is 10.0. The van der Waals surface area contributed by atoms with Crippen molar-refractivity contribution in [2.45, 2.75) is 62.4 Å². The number of pyridine rings is 1. The van der Waals surface area contributed by atoms with Crippen LogP contribution in [0.3, 0.4) is 0 Å². The number of piperidine rings is 1. The molecule has 0 radical (unpaired) electrons. The fourth-order valence-electron chi connectivity index (χ4n) is 7.75. The zero-order valence-electron chi connectivity index (χ0n) is 26.3. The maximum Gasteiger partial charge on any atom is 0.319 e. The number of fused-ring (bicyclic) bond motifs is 3. The lowest BCUT2D eigenvalue weighted by atomic mass is 9.94. The molecule has 3 fully saturated rings. The first kappa shape index (κ1) is 31.8. The molecular weight excluding hydrogens is 633 g/mol. The van der Waals surface area contributed by atoms with Gasteiger partial charge in [0.25, 0.3) is 0 Å². The molecule has 4 aromatic rings. The van der Waals surface area contributed by atoms with Gasteiger partial charge in [-0.15, -0.1) is 0 Å². The normalized spacial score (nSPS) is 23.6. The SMILES string of the molecule is CCc1c(F)ccc2cc(O)cc(-c3ncc4c(N5CCCC(S(=O)(=O)NC)C5)nc(OC[C@@]56CCCN5C[C@H](F)C6)nc4c3F)c12. The summed E-state index contributed by atoms with van der Waals surface area (Å²) < 4.78 is 80.4. The van der Waals surface area contributed by atoms with Crippen LogP contribution in [0.15, 0.2) is 30.5 Å². The summed E-state index contributed by atoms with van der Waals surface area (Å²) in [6.45, 7) is 3.58. The van der Waals surface area contributed by atoms with E-state index in [4.69, 9.17) is 4.74 Å². The molecule has 0 amide bonds. The van der Waals surface area contributed by atoms with Gasteiger partial charge in [-0.05, 0) is 80.2 Å². The Bertz CT molecular complexity index is 1980. The number of nitrogens with one attached hydrogen (secondary N) is 1. The number of anilines is 1.